The number of rotatable bonds is 3. The molecule has 1 heterocycles. The minimum absolute atomic E-state index is 0.0430. The van der Waals surface area contributed by atoms with Gasteiger partial charge in [-0.25, -0.2) is 9.78 Å². The highest BCUT2D eigenvalue weighted by molar-refractivity contribution is 5.85. The van der Waals surface area contributed by atoms with Crippen LogP contribution in [0, 0.1) is 0 Å². The second-order valence-corrected chi connectivity index (χ2v) is 2.77. The van der Waals surface area contributed by atoms with E-state index in [1.807, 2.05) is 6.92 Å². The molecule has 13 heavy (non-hydrogen) atoms. The van der Waals surface area contributed by atoms with Crippen LogP contribution in [0.15, 0.2) is 18.2 Å². The molecule has 1 aromatic heterocycles. The van der Waals surface area contributed by atoms with Gasteiger partial charge in [0, 0.05) is 6.04 Å². The number of hydrogen-bond acceptors (Lipinski definition) is 3. The minimum Gasteiger partial charge on any atom is -0.477 e. The smallest absolute Gasteiger partial charge is 0.354 e. The molecule has 70 valence electrons. The average molecular weight is 180 g/mol. The fourth-order valence-corrected chi connectivity index (χ4v) is 0.986. The first-order valence-corrected chi connectivity index (χ1v) is 4.11. The molecule has 1 aromatic rings. The lowest BCUT2D eigenvalue weighted by Crippen LogP contribution is -2.12. The van der Waals surface area contributed by atoms with Gasteiger partial charge in [0.05, 0.1) is 5.69 Å². The number of aromatic nitrogens is 1. The van der Waals surface area contributed by atoms with E-state index in [0.29, 0.717) is 5.69 Å². The molecule has 0 aliphatic rings. The van der Waals surface area contributed by atoms with Gasteiger partial charge in [0.2, 0.25) is 0 Å². The van der Waals surface area contributed by atoms with Gasteiger partial charge in [0.1, 0.15) is 5.69 Å². The highest BCUT2D eigenvalue weighted by Gasteiger charge is 2.08. The van der Waals surface area contributed by atoms with Crippen molar-refractivity contribution < 1.29 is 9.90 Å². The summed E-state index contributed by atoms with van der Waals surface area (Å²) in [6.45, 7) is 1.93. The molecule has 0 bridgehead atoms. The number of carboxylic acids is 1. The summed E-state index contributed by atoms with van der Waals surface area (Å²) in [6.07, 6.45) is 0.746. The maximum absolute atomic E-state index is 10.6. The molecular formula is C9H12N2O2. The topological polar surface area (TPSA) is 76.2 Å². The van der Waals surface area contributed by atoms with E-state index in [9.17, 15) is 4.79 Å². The molecular weight excluding hydrogens is 168 g/mol. The molecule has 1 atom stereocenters. The first-order valence-electron chi connectivity index (χ1n) is 4.11. The maximum atomic E-state index is 10.6. The number of carboxylic acid groups (broad SMARTS) is 1. The summed E-state index contributed by atoms with van der Waals surface area (Å²) >= 11 is 0. The maximum Gasteiger partial charge on any atom is 0.354 e. The van der Waals surface area contributed by atoms with E-state index in [1.54, 1.807) is 12.1 Å². The molecule has 0 spiro atoms. The number of nitrogens with zero attached hydrogens (tertiary/aromatic N) is 1. The molecule has 3 N–H and O–H groups in total. The van der Waals surface area contributed by atoms with Crippen molar-refractivity contribution in [3.05, 3.63) is 29.6 Å². The van der Waals surface area contributed by atoms with Crippen LogP contribution < -0.4 is 5.73 Å². The Hall–Kier alpha value is -1.42. The molecule has 0 unspecified atom stereocenters. The van der Waals surface area contributed by atoms with Gasteiger partial charge in [-0.3, -0.25) is 0 Å². The van der Waals surface area contributed by atoms with Crippen LogP contribution >= 0.6 is 0 Å². The van der Waals surface area contributed by atoms with Gasteiger partial charge in [-0.2, -0.15) is 0 Å². The second kappa shape index (κ2) is 4.00. The zero-order valence-corrected chi connectivity index (χ0v) is 7.40. The Morgan fingerprint density at radius 2 is 2.38 bits per heavy atom. The van der Waals surface area contributed by atoms with Crippen molar-refractivity contribution in [3.63, 3.8) is 0 Å². The molecule has 0 radical (unpaired) electrons. The van der Waals surface area contributed by atoms with E-state index in [4.69, 9.17) is 10.8 Å². The molecule has 0 saturated carbocycles. The van der Waals surface area contributed by atoms with Crippen LogP contribution in [-0.2, 0) is 0 Å². The van der Waals surface area contributed by atoms with Crippen LogP contribution in [0.25, 0.3) is 0 Å². The summed E-state index contributed by atoms with van der Waals surface area (Å²) < 4.78 is 0. The lowest BCUT2D eigenvalue weighted by atomic mass is 10.1. The van der Waals surface area contributed by atoms with Gasteiger partial charge >= 0.3 is 5.97 Å². The van der Waals surface area contributed by atoms with E-state index in [2.05, 4.69) is 4.98 Å². The van der Waals surface area contributed by atoms with Gasteiger partial charge in [-0.05, 0) is 18.6 Å². The summed E-state index contributed by atoms with van der Waals surface area (Å²) in [6, 6.07) is 4.66. The molecule has 0 aliphatic heterocycles. The Labute approximate surface area is 76.4 Å². The number of carbonyl (C=O) groups is 1. The molecule has 4 heteroatoms. The predicted octanol–water partition coefficient (Wildman–Crippen LogP) is 1.19. The zero-order valence-electron chi connectivity index (χ0n) is 7.40. The Morgan fingerprint density at radius 1 is 1.69 bits per heavy atom. The summed E-state index contributed by atoms with van der Waals surface area (Å²) in [5.74, 6) is -1.02. The molecule has 4 nitrogen and oxygen atoms in total. The highest BCUT2D eigenvalue weighted by atomic mass is 16.4. The molecule has 0 saturated heterocycles. The molecule has 0 amide bonds. The van der Waals surface area contributed by atoms with Crippen LogP contribution in [0.1, 0.15) is 35.6 Å². The minimum atomic E-state index is -1.02. The van der Waals surface area contributed by atoms with Crippen LogP contribution in [0.2, 0.25) is 0 Å². The zero-order chi connectivity index (χ0) is 9.84. The van der Waals surface area contributed by atoms with Crippen molar-refractivity contribution in [1.82, 2.24) is 4.98 Å². The third-order valence-electron chi connectivity index (χ3n) is 1.81. The Kier molecular flexibility index (Phi) is 2.97. The number of nitrogens with two attached hydrogens (primary N) is 1. The lowest BCUT2D eigenvalue weighted by Gasteiger charge is -2.07. The SMILES string of the molecule is CC[C@@H](N)c1cccc(C(=O)O)n1. The third kappa shape index (κ3) is 2.26. The van der Waals surface area contributed by atoms with Crippen molar-refractivity contribution in [3.8, 4) is 0 Å². The number of hydrogen-bond donors (Lipinski definition) is 2. The summed E-state index contributed by atoms with van der Waals surface area (Å²) in [5, 5.41) is 8.66. The molecule has 0 aliphatic carbocycles. The van der Waals surface area contributed by atoms with Gasteiger partial charge < -0.3 is 10.8 Å². The second-order valence-electron chi connectivity index (χ2n) is 2.77. The third-order valence-corrected chi connectivity index (χ3v) is 1.81. The fraction of sp³-hybridized carbons (Fsp3) is 0.333. The fourth-order valence-electron chi connectivity index (χ4n) is 0.986. The van der Waals surface area contributed by atoms with Crippen molar-refractivity contribution in [1.29, 1.82) is 0 Å². The average Bonchev–Trinajstić information content (AvgIpc) is 2.17. The molecule has 0 aromatic carbocycles. The van der Waals surface area contributed by atoms with Crippen molar-refractivity contribution in [2.24, 2.45) is 5.73 Å². The first-order chi connectivity index (χ1) is 6.15. The largest absolute Gasteiger partial charge is 0.477 e. The van der Waals surface area contributed by atoms with E-state index >= 15 is 0 Å². The van der Waals surface area contributed by atoms with E-state index in [-0.39, 0.29) is 11.7 Å². The Morgan fingerprint density at radius 3 is 2.92 bits per heavy atom. The normalized spacial score (nSPS) is 12.5. The van der Waals surface area contributed by atoms with E-state index < -0.39 is 5.97 Å². The molecule has 1 rings (SSSR count). The Balaban J connectivity index is 2.98. The quantitative estimate of drug-likeness (QED) is 0.732. The first kappa shape index (κ1) is 9.67. The summed E-state index contributed by atoms with van der Waals surface area (Å²) in [5.41, 5.74) is 6.38. The van der Waals surface area contributed by atoms with Gasteiger partial charge in [0.15, 0.2) is 0 Å². The van der Waals surface area contributed by atoms with E-state index in [0.717, 1.165) is 6.42 Å². The van der Waals surface area contributed by atoms with Crippen LogP contribution in [-0.4, -0.2) is 16.1 Å². The van der Waals surface area contributed by atoms with Crippen molar-refractivity contribution >= 4 is 5.97 Å². The number of pyridine rings is 1. The van der Waals surface area contributed by atoms with Crippen LogP contribution in [0.3, 0.4) is 0 Å². The van der Waals surface area contributed by atoms with Crippen LogP contribution in [0.5, 0.6) is 0 Å². The summed E-state index contributed by atoms with van der Waals surface area (Å²) in [4.78, 5) is 14.5. The van der Waals surface area contributed by atoms with E-state index in [1.165, 1.54) is 6.07 Å². The van der Waals surface area contributed by atoms with Gasteiger partial charge in [-0.15, -0.1) is 0 Å². The summed E-state index contributed by atoms with van der Waals surface area (Å²) in [7, 11) is 0. The highest BCUT2D eigenvalue weighted by Crippen LogP contribution is 2.10. The number of aromatic carboxylic acids is 1. The lowest BCUT2D eigenvalue weighted by molar-refractivity contribution is 0.0690. The van der Waals surface area contributed by atoms with Gasteiger partial charge in [0.25, 0.3) is 0 Å². The monoisotopic (exact) mass is 180 g/mol. The standard InChI is InChI=1S/C9H12N2O2/c1-2-6(10)7-4-3-5-8(11-7)9(12)13/h3-6H,2,10H2,1H3,(H,12,13)/t6-/m1/s1. The van der Waals surface area contributed by atoms with Crippen molar-refractivity contribution in [2.45, 2.75) is 19.4 Å². The van der Waals surface area contributed by atoms with Crippen molar-refractivity contribution in [2.75, 3.05) is 0 Å². The van der Waals surface area contributed by atoms with Gasteiger partial charge in [-0.1, -0.05) is 13.0 Å². The Bertz CT molecular complexity index is 312. The van der Waals surface area contributed by atoms with Crippen LogP contribution in [0.4, 0.5) is 0 Å². The molecule has 0 fully saturated rings. The predicted molar refractivity (Wildman–Crippen MR) is 48.4 cm³/mol.